The molecule has 2 aromatic carbocycles. The number of benzene rings is 2. The Balaban J connectivity index is 1.36. The number of fused-ring (bicyclic) bond motifs is 1. The van der Waals surface area contributed by atoms with Crippen LogP contribution in [0.5, 0.6) is 0 Å². The number of carbonyl (C=O) groups is 3. The van der Waals surface area contributed by atoms with E-state index in [-0.39, 0.29) is 22.7 Å². The topological polar surface area (TPSA) is 108 Å². The number of nitrogens with one attached hydrogen (secondary N) is 1. The van der Waals surface area contributed by atoms with E-state index >= 15 is 0 Å². The Morgan fingerprint density at radius 3 is 2.54 bits per heavy atom. The number of halogens is 1. The van der Waals surface area contributed by atoms with Crippen LogP contribution in [0.1, 0.15) is 27.6 Å². The highest BCUT2D eigenvalue weighted by Crippen LogP contribution is 2.39. The van der Waals surface area contributed by atoms with Gasteiger partial charge in [0.1, 0.15) is 16.3 Å². The largest absolute Gasteiger partial charge is 0.463 e. The maximum Gasteiger partial charge on any atom is 0.341 e. The molecule has 1 amide bonds. The highest BCUT2D eigenvalue weighted by Gasteiger charge is 2.24. The lowest BCUT2D eigenvalue weighted by atomic mass is 10.0. The van der Waals surface area contributed by atoms with E-state index in [1.807, 2.05) is 6.07 Å². The van der Waals surface area contributed by atoms with Gasteiger partial charge in [-0.2, -0.15) is 0 Å². The molecule has 0 radical (unpaired) electrons. The molecule has 0 aliphatic heterocycles. The number of para-hydroxylation sites is 1. The summed E-state index contributed by atoms with van der Waals surface area (Å²) in [7, 11) is 0. The van der Waals surface area contributed by atoms with Gasteiger partial charge in [0.25, 0.3) is 5.91 Å². The first-order chi connectivity index (χ1) is 19.0. The highest BCUT2D eigenvalue weighted by atomic mass is 35.5. The van der Waals surface area contributed by atoms with Crippen LogP contribution in [0.3, 0.4) is 0 Å². The van der Waals surface area contributed by atoms with Crippen molar-refractivity contribution in [3.8, 4) is 22.6 Å². The van der Waals surface area contributed by atoms with Gasteiger partial charge in [0.2, 0.25) is 0 Å². The minimum Gasteiger partial charge on any atom is -0.463 e. The molecule has 196 valence electrons. The van der Waals surface area contributed by atoms with Crippen LogP contribution in [0.2, 0.25) is 5.02 Å². The third-order valence-corrected chi connectivity index (χ3v) is 6.96. The van der Waals surface area contributed by atoms with Crippen molar-refractivity contribution >= 4 is 56.7 Å². The van der Waals surface area contributed by atoms with Crippen LogP contribution in [-0.4, -0.2) is 36.0 Å². The van der Waals surface area contributed by atoms with E-state index in [1.54, 1.807) is 73.0 Å². The third kappa shape index (κ3) is 5.55. The SMILES string of the molecule is CCOC(=O)c1c(-c2ccccc2Cl)csc1NC(=O)COC(=O)c1cc(-c2ccco2)nc2ccccc12. The fraction of sp³-hybridized carbons (Fsp3) is 0.103. The number of anilines is 1. The smallest absolute Gasteiger partial charge is 0.341 e. The summed E-state index contributed by atoms with van der Waals surface area (Å²) in [5.41, 5.74) is 2.61. The Labute approximate surface area is 232 Å². The van der Waals surface area contributed by atoms with E-state index in [2.05, 4.69) is 10.3 Å². The van der Waals surface area contributed by atoms with Crippen molar-refractivity contribution in [3.63, 3.8) is 0 Å². The first-order valence-electron chi connectivity index (χ1n) is 11.9. The molecule has 0 unspecified atom stereocenters. The maximum atomic E-state index is 13.1. The molecule has 5 aromatic rings. The molecule has 0 saturated heterocycles. The Morgan fingerprint density at radius 2 is 1.77 bits per heavy atom. The van der Waals surface area contributed by atoms with Crippen LogP contribution in [0.15, 0.2) is 82.8 Å². The zero-order chi connectivity index (χ0) is 27.4. The van der Waals surface area contributed by atoms with Crippen molar-refractivity contribution in [3.05, 3.63) is 94.5 Å². The second-order valence-electron chi connectivity index (χ2n) is 8.23. The van der Waals surface area contributed by atoms with E-state index in [0.717, 1.165) is 11.3 Å². The van der Waals surface area contributed by atoms with Gasteiger partial charge in [-0.1, -0.05) is 48.0 Å². The number of hydrogen-bond donors (Lipinski definition) is 1. The Bertz CT molecular complexity index is 1680. The number of furan rings is 1. The average molecular weight is 561 g/mol. The van der Waals surface area contributed by atoms with Crippen molar-refractivity contribution < 1.29 is 28.3 Å². The van der Waals surface area contributed by atoms with Crippen LogP contribution in [0, 0.1) is 0 Å². The predicted octanol–water partition coefficient (Wildman–Crippen LogP) is 6.85. The third-order valence-electron chi connectivity index (χ3n) is 5.73. The maximum absolute atomic E-state index is 13.1. The minimum absolute atomic E-state index is 0.154. The van der Waals surface area contributed by atoms with Crippen molar-refractivity contribution in [2.24, 2.45) is 0 Å². The second kappa shape index (κ2) is 11.5. The van der Waals surface area contributed by atoms with Crippen LogP contribution in [0.25, 0.3) is 33.5 Å². The van der Waals surface area contributed by atoms with Gasteiger partial charge in [-0.15, -0.1) is 11.3 Å². The number of aromatic nitrogens is 1. The van der Waals surface area contributed by atoms with Gasteiger partial charge >= 0.3 is 11.9 Å². The lowest BCUT2D eigenvalue weighted by molar-refractivity contribution is -0.119. The molecule has 0 fully saturated rings. The Hall–Kier alpha value is -4.47. The number of pyridine rings is 1. The molecule has 0 atom stereocenters. The number of rotatable bonds is 8. The van der Waals surface area contributed by atoms with E-state index in [4.69, 9.17) is 25.5 Å². The minimum atomic E-state index is -0.704. The number of carbonyl (C=O) groups excluding carboxylic acids is 3. The molecule has 5 rings (SSSR count). The molecule has 3 aromatic heterocycles. The second-order valence-corrected chi connectivity index (χ2v) is 9.51. The molecule has 0 aliphatic carbocycles. The normalized spacial score (nSPS) is 10.8. The molecular weight excluding hydrogens is 540 g/mol. The summed E-state index contributed by atoms with van der Waals surface area (Å²) in [6.45, 7) is 1.27. The number of esters is 2. The summed E-state index contributed by atoms with van der Waals surface area (Å²) in [5, 5.41) is 5.67. The molecular formula is C29H21ClN2O6S. The van der Waals surface area contributed by atoms with E-state index < -0.39 is 24.5 Å². The van der Waals surface area contributed by atoms with Gasteiger partial charge in [0.15, 0.2) is 12.4 Å². The fourth-order valence-electron chi connectivity index (χ4n) is 4.00. The molecule has 8 nitrogen and oxygen atoms in total. The van der Waals surface area contributed by atoms with E-state index in [0.29, 0.717) is 38.5 Å². The summed E-state index contributed by atoms with van der Waals surface area (Å²) >= 11 is 7.50. The number of nitrogens with zero attached hydrogens (tertiary/aromatic N) is 1. The van der Waals surface area contributed by atoms with Gasteiger partial charge in [-0.3, -0.25) is 4.79 Å². The number of thiophene rings is 1. The monoisotopic (exact) mass is 560 g/mol. The zero-order valence-electron chi connectivity index (χ0n) is 20.6. The summed E-state index contributed by atoms with van der Waals surface area (Å²) in [4.78, 5) is 43.3. The summed E-state index contributed by atoms with van der Waals surface area (Å²) in [6, 6.07) is 19.2. The first-order valence-corrected chi connectivity index (χ1v) is 13.2. The number of ether oxygens (including phenoxy) is 2. The highest BCUT2D eigenvalue weighted by molar-refractivity contribution is 7.15. The van der Waals surface area contributed by atoms with Gasteiger partial charge in [-0.05, 0) is 37.3 Å². The quantitative estimate of drug-likeness (QED) is 0.207. The average Bonchev–Trinajstić information content (AvgIpc) is 3.62. The van der Waals surface area contributed by atoms with Crippen LogP contribution in [-0.2, 0) is 14.3 Å². The van der Waals surface area contributed by atoms with E-state index in [9.17, 15) is 14.4 Å². The molecule has 0 saturated carbocycles. The molecule has 1 N–H and O–H groups in total. The lowest BCUT2D eigenvalue weighted by Crippen LogP contribution is -2.22. The predicted molar refractivity (Wildman–Crippen MR) is 149 cm³/mol. The number of hydrogen-bond acceptors (Lipinski definition) is 8. The van der Waals surface area contributed by atoms with Crippen molar-refractivity contribution in [1.29, 1.82) is 0 Å². The lowest BCUT2D eigenvalue weighted by Gasteiger charge is -2.11. The summed E-state index contributed by atoms with van der Waals surface area (Å²) < 4.78 is 16.0. The standard InChI is InChI=1S/C29H21ClN2O6S/c1-2-36-29(35)26-20(17-8-3-5-10-21(17)30)16-39-27(26)32-25(33)15-38-28(34)19-14-23(24-12-7-13-37-24)31-22-11-6-4-9-18(19)22/h3-14,16H,2,15H2,1H3,(H,32,33). The molecule has 0 spiro atoms. The van der Waals surface area contributed by atoms with Gasteiger partial charge in [0, 0.05) is 26.9 Å². The Kier molecular flexibility index (Phi) is 7.72. The van der Waals surface area contributed by atoms with Gasteiger partial charge < -0.3 is 19.2 Å². The summed E-state index contributed by atoms with van der Waals surface area (Å²) in [5.74, 6) is -1.43. The molecule has 3 heterocycles. The Morgan fingerprint density at radius 1 is 0.974 bits per heavy atom. The van der Waals surface area contributed by atoms with Crippen LogP contribution >= 0.6 is 22.9 Å². The first kappa shape index (κ1) is 26.1. The van der Waals surface area contributed by atoms with E-state index in [1.165, 1.54) is 6.26 Å². The van der Waals surface area contributed by atoms with Crippen LogP contribution < -0.4 is 5.32 Å². The molecule has 39 heavy (non-hydrogen) atoms. The van der Waals surface area contributed by atoms with Crippen LogP contribution in [0.4, 0.5) is 5.00 Å². The molecule has 10 heteroatoms. The molecule has 0 aliphatic rings. The van der Waals surface area contributed by atoms with Crippen molar-refractivity contribution in [1.82, 2.24) is 4.98 Å². The summed E-state index contributed by atoms with van der Waals surface area (Å²) in [6.07, 6.45) is 1.51. The molecule has 0 bridgehead atoms. The number of amides is 1. The fourth-order valence-corrected chi connectivity index (χ4v) is 5.20. The van der Waals surface area contributed by atoms with Gasteiger partial charge in [-0.25, -0.2) is 14.6 Å². The van der Waals surface area contributed by atoms with Crippen molar-refractivity contribution in [2.75, 3.05) is 18.5 Å². The zero-order valence-corrected chi connectivity index (χ0v) is 22.2. The van der Waals surface area contributed by atoms with Crippen molar-refractivity contribution in [2.45, 2.75) is 6.92 Å². The van der Waals surface area contributed by atoms with Gasteiger partial charge in [0.05, 0.1) is 24.0 Å².